The lowest BCUT2D eigenvalue weighted by Crippen LogP contribution is -2.16. The molecule has 0 saturated carbocycles. The molecule has 224 valence electrons. The van der Waals surface area contributed by atoms with Gasteiger partial charge in [0.1, 0.15) is 0 Å². The third kappa shape index (κ3) is 4.18. The molecule has 0 saturated heterocycles. The van der Waals surface area contributed by atoms with E-state index in [0.717, 1.165) is 17.1 Å². The minimum atomic E-state index is -0.0916. The van der Waals surface area contributed by atoms with Gasteiger partial charge in [0, 0.05) is 33.1 Å². The van der Waals surface area contributed by atoms with Gasteiger partial charge >= 0.3 is 0 Å². The summed E-state index contributed by atoms with van der Waals surface area (Å²) in [4.78, 5) is 2.48. The summed E-state index contributed by atoms with van der Waals surface area (Å²) in [5.74, 6) is 0. The van der Waals surface area contributed by atoms with E-state index in [1.807, 2.05) is 0 Å². The van der Waals surface area contributed by atoms with Crippen molar-refractivity contribution in [2.45, 2.75) is 19.3 Å². The van der Waals surface area contributed by atoms with E-state index in [9.17, 15) is 0 Å². The number of nitrogens with zero attached hydrogens (tertiary/aromatic N) is 2. The van der Waals surface area contributed by atoms with Gasteiger partial charge in [0.15, 0.2) is 0 Å². The molecule has 0 radical (unpaired) electrons. The summed E-state index contributed by atoms with van der Waals surface area (Å²) in [5.41, 5.74) is 14.7. The van der Waals surface area contributed by atoms with E-state index in [4.69, 9.17) is 0 Å². The number of anilines is 3. The predicted molar refractivity (Wildman–Crippen MR) is 198 cm³/mol. The number of aromatic nitrogens is 1. The zero-order valence-corrected chi connectivity index (χ0v) is 26.6. The van der Waals surface area contributed by atoms with Crippen molar-refractivity contribution in [1.29, 1.82) is 0 Å². The van der Waals surface area contributed by atoms with Crippen LogP contribution in [0.1, 0.15) is 25.0 Å². The molecular formula is C45H34N2. The summed E-state index contributed by atoms with van der Waals surface area (Å²) < 4.78 is 2.45. The molecule has 0 amide bonds. The standard InChI is InChI=1S/C45H34N2/c1-45(2)38-22-11-9-20-37(38)43-39(45)23-14-25-41(43)46(33-17-7-4-8-18-33)42-26-13-21-36-35-19-10-12-24-40(35)47(44(36)42)34-29-27-32(28-30-34)31-15-5-3-6-16-31/h3-30H,1-2H3. The van der Waals surface area contributed by atoms with Crippen LogP contribution in [0.5, 0.6) is 0 Å². The van der Waals surface area contributed by atoms with Gasteiger partial charge in [-0.1, -0.05) is 141 Å². The molecule has 7 aromatic carbocycles. The first-order valence-electron chi connectivity index (χ1n) is 16.4. The highest BCUT2D eigenvalue weighted by molar-refractivity contribution is 6.15. The highest BCUT2D eigenvalue weighted by atomic mass is 15.2. The van der Waals surface area contributed by atoms with E-state index < -0.39 is 0 Å². The maximum absolute atomic E-state index is 2.48. The van der Waals surface area contributed by atoms with Crippen LogP contribution in [0.25, 0.3) is 49.7 Å². The molecule has 2 nitrogen and oxygen atoms in total. The van der Waals surface area contributed by atoms with E-state index in [-0.39, 0.29) is 5.41 Å². The van der Waals surface area contributed by atoms with Crippen LogP contribution in [0.15, 0.2) is 170 Å². The average molecular weight is 603 g/mol. The van der Waals surface area contributed by atoms with Crippen molar-refractivity contribution in [2.24, 2.45) is 0 Å². The van der Waals surface area contributed by atoms with Crippen LogP contribution in [-0.4, -0.2) is 4.57 Å². The minimum Gasteiger partial charge on any atom is -0.308 e. The number of hydrogen-bond donors (Lipinski definition) is 0. The van der Waals surface area contributed by atoms with Gasteiger partial charge in [0.05, 0.1) is 22.4 Å². The molecule has 0 atom stereocenters. The summed E-state index contributed by atoms with van der Waals surface area (Å²) in [5, 5.41) is 2.48. The van der Waals surface area contributed by atoms with Gasteiger partial charge in [0.2, 0.25) is 0 Å². The number of fused-ring (bicyclic) bond motifs is 6. The minimum absolute atomic E-state index is 0.0916. The van der Waals surface area contributed by atoms with Crippen molar-refractivity contribution in [2.75, 3.05) is 4.90 Å². The Hall–Kier alpha value is -5.86. The van der Waals surface area contributed by atoms with Gasteiger partial charge in [-0.25, -0.2) is 0 Å². The van der Waals surface area contributed by atoms with Crippen molar-refractivity contribution in [3.8, 4) is 27.9 Å². The Morgan fingerprint density at radius 2 is 1.06 bits per heavy atom. The van der Waals surface area contributed by atoms with Crippen LogP contribution in [0.3, 0.4) is 0 Å². The molecule has 0 bridgehead atoms. The summed E-state index contributed by atoms with van der Waals surface area (Å²) in [6, 6.07) is 61.8. The number of para-hydroxylation sites is 3. The number of benzene rings is 7. The molecule has 0 spiro atoms. The van der Waals surface area contributed by atoms with Crippen molar-refractivity contribution in [3.63, 3.8) is 0 Å². The molecule has 47 heavy (non-hydrogen) atoms. The van der Waals surface area contributed by atoms with Gasteiger partial charge in [-0.05, 0) is 70.3 Å². The Balaban J connectivity index is 1.35. The fourth-order valence-corrected chi connectivity index (χ4v) is 7.79. The first-order chi connectivity index (χ1) is 23.1. The molecule has 1 aromatic heterocycles. The Labute approximate surface area is 275 Å². The lowest BCUT2D eigenvalue weighted by molar-refractivity contribution is 0.660. The van der Waals surface area contributed by atoms with Crippen LogP contribution in [0.2, 0.25) is 0 Å². The second kappa shape index (κ2) is 10.6. The third-order valence-corrected chi connectivity index (χ3v) is 9.99. The molecule has 2 heteroatoms. The Morgan fingerprint density at radius 3 is 1.87 bits per heavy atom. The zero-order chi connectivity index (χ0) is 31.5. The van der Waals surface area contributed by atoms with Crippen LogP contribution in [0.4, 0.5) is 17.1 Å². The van der Waals surface area contributed by atoms with Crippen molar-refractivity contribution >= 4 is 38.9 Å². The quantitative estimate of drug-likeness (QED) is 0.190. The highest BCUT2D eigenvalue weighted by Crippen LogP contribution is 2.55. The van der Waals surface area contributed by atoms with Gasteiger partial charge in [-0.2, -0.15) is 0 Å². The molecule has 0 aliphatic heterocycles. The van der Waals surface area contributed by atoms with Gasteiger partial charge < -0.3 is 9.47 Å². The van der Waals surface area contributed by atoms with Gasteiger partial charge in [0.25, 0.3) is 0 Å². The summed E-state index contributed by atoms with van der Waals surface area (Å²) in [6.45, 7) is 4.71. The van der Waals surface area contributed by atoms with Crippen molar-refractivity contribution in [1.82, 2.24) is 4.57 Å². The molecule has 0 fully saturated rings. The van der Waals surface area contributed by atoms with Crippen molar-refractivity contribution in [3.05, 3.63) is 181 Å². The Kier molecular flexibility index (Phi) is 6.20. The topological polar surface area (TPSA) is 8.17 Å². The SMILES string of the molecule is CC1(C)c2ccccc2-c2c(N(c3ccccc3)c3cccc4c5ccccc5n(-c5ccc(-c6ccccc6)cc5)c34)cccc21. The van der Waals surface area contributed by atoms with Crippen LogP contribution in [0, 0.1) is 0 Å². The maximum Gasteiger partial charge on any atom is 0.0782 e. The van der Waals surface area contributed by atoms with Gasteiger partial charge in [-0.15, -0.1) is 0 Å². The lowest BCUT2D eigenvalue weighted by atomic mass is 9.82. The maximum atomic E-state index is 2.48. The lowest BCUT2D eigenvalue weighted by Gasteiger charge is -2.30. The molecule has 9 rings (SSSR count). The normalized spacial score (nSPS) is 13.1. The molecule has 8 aromatic rings. The second-order valence-electron chi connectivity index (χ2n) is 13.0. The van der Waals surface area contributed by atoms with Crippen LogP contribution in [-0.2, 0) is 5.41 Å². The first-order valence-corrected chi connectivity index (χ1v) is 16.4. The van der Waals surface area contributed by atoms with Crippen LogP contribution < -0.4 is 4.90 Å². The zero-order valence-electron chi connectivity index (χ0n) is 26.6. The third-order valence-electron chi connectivity index (χ3n) is 9.99. The highest BCUT2D eigenvalue weighted by Gasteiger charge is 2.38. The smallest absolute Gasteiger partial charge is 0.0782 e. The Morgan fingerprint density at radius 1 is 0.468 bits per heavy atom. The average Bonchev–Trinajstić information content (AvgIpc) is 3.59. The van der Waals surface area contributed by atoms with Crippen molar-refractivity contribution < 1.29 is 0 Å². The van der Waals surface area contributed by atoms with E-state index in [1.165, 1.54) is 60.9 Å². The van der Waals surface area contributed by atoms with E-state index >= 15 is 0 Å². The largest absolute Gasteiger partial charge is 0.308 e. The molecule has 0 unspecified atom stereocenters. The number of hydrogen-bond acceptors (Lipinski definition) is 1. The fraction of sp³-hybridized carbons (Fsp3) is 0.0667. The summed E-state index contributed by atoms with van der Waals surface area (Å²) in [6.07, 6.45) is 0. The van der Waals surface area contributed by atoms with E-state index in [2.05, 4.69) is 193 Å². The van der Waals surface area contributed by atoms with E-state index in [0.29, 0.717) is 0 Å². The molecule has 1 aliphatic carbocycles. The first kappa shape index (κ1) is 27.5. The summed E-state index contributed by atoms with van der Waals surface area (Å²) >= 11 is 0. The summed E-state index contributed by atoms with van der Waals surface area (Å²) in [7, 11) is 0. The monoisotopic (exact) mass is 602 g/mol. The molecule has 0 N–H and O–H groups in total. The second-order valence-corrected chi connectivity index (χ2v) is 13.0. The predicted octanol–water partition coefficient (Wildman–Crippen LogP) is 12.2. The van der Waals surface area contributed by atoms with Gasteiger partial charge in [-0.3, -0.25) is 0 Å². The molecule has 1 heterocycles. The molecular weight excluding hydrogens is 569 g/mol. The Bertz CT molecular complexity index is 2420. The van der Waals surface area contributed by atoms with E-state index in [1.54, 1.807) is 0 Å². The van der Waals surface area contributed by atoms with Crippen LogP contribution >= 0.6 is 0 Å². The number of rotatable bonds is 5. The fourth-order valence-electron chi connectivity index (χ4n) is 7.79. The molecule has 1 aliphatic rings.